The maximum absolute atomic E-state index is 9.77. The molecule has 0 bridgehead atoms. The third-order valence-corrected chi connectivity index (χ3v) is 3.59. The molecule has 0 aromatic carbocycles. The average molecular weight is 247 g/mol. The van der Waals surface area contributed by atoms with Crippen LogP contribution in [0.15, 0.2) is 0 Å². The molecule has 0 saturated heterocycles. The van der Waals surface area contributed by atoms with Crippen molar-refractivity contribution in [1.29, 1.82) is 0 Å². The Morgan fingerprint density at radius 2 is 1.82 bits per heavy atom. The van der Waals surface area contributed by atoms with Crippen LogP contribution in [-0.2, 0) is 0 Å². The van der Waals surface area contributed by atoms with Gasteiger partial charge in [-0.2, -0.15) is 0 Å². The van der Waals surface area contributed by atoms with Gasteiger partial charge in [0.1, 0.15) is 6.10 Å². The lowest BCUT2D eigenvalue weighted by Crippen LogP contribution is -2.58. The smallest absolute Gasteiger partial charge is 0.106 e. The minimum absolute atomic E-state index is 0.134. The average Bonchev–Trinajstić information content (AvgIpc) is 2.32. The summed E-state index contributed by atoms with van der Waals surface area (Å²) in [5, 5.41) is 41.4. The van der Waals surface area contributed by atoms with E-state index in [0.29, 0.717) is 6.42 Å². The number of aliphatic hydroxyl groups excluding tert-OH is 4. The lowest BCUT2D eigenvalue weighted by Gasteiger charge is -2.40. The van der Waals surface area contributed by atoms with Gasteiger partial charge in [0.05, 0.1) is 12.2 Å². The summed E-state index contributed by atoms with van der Waals surface area (Å²) in [7, 11) is 0. The summed E-state index contributed by atoms with van der Waals surface area (Å²) in [6.45, 7) is 2.75. The summed E-state index contributed by atoms with van der Waals surface area (Å²) >= 11 is 0. The molecule has 1 fully saturated rings. The maximum Gasteiger partial charge on any atom is 0.106 e. The lowest BCUT2D eigenvalue weighted by atomic mass is 9.79. The van der Waals surface area contributed by atoms with Crippen molar-refractivity contribution in [2.45, 2.75) is 57.0 Å². The summed E-state index contributed by atoms with van der Waals surface area (Å²) in [4.78, 5) is 0. The molecule has 0 amide bonds. The molecule has 5 nitrogen and oxygen atoms in total. The molecular weight excluding hydrogens is 222 g/mol. The molecule has 1 aliphatic carbocycles. The van der Waals surface area contributed by atoms with Crippen molar-refractivity contribution in [2.24, 2.45) is 5.92 Å². The number of unbranched alkanes of at least 4 members (excludes halogenated alkanes) is 2. The van der Waals surface area contributed by atoms with Gasteiger partial charge in [-0.15, -0.1) is 0 Å². The van der Waals surface area contributed by atoms with Gasteiger partial charge >= 0.3 is 0 Å². The standard InChI is InChI=1S/C12H25NO4/c1-2-3-4-5-13-9-6-10(15)12(17)11(16)8(9)7-14/h8-17H,2-7H2,1H3/t8-,9-,10+,11+,12+/m0/s1. The zero-order chi connectivity index (χ0) is 12.8. The molecule has 1 saturated carbocycles. The molecule has 0 aromatic heterocycles. The predicted molar refractivity (Wildman–Crippen MR) is 64.5 cm³/mol. The summed E-state index contributed by atoms with van der Waals surface area (Å²) < 4.78 is 0. The van der Waals surface area contributed by atoms with Crippen molar-refractivity contribution < 1.29 is 20.4 Å². The van der Waals surface area contributed by atoms with Gasteiger partial charge in [-0.1, -0.05) is 19.8 Å². The highest BCUT2D eigenvalue weighted by molar-refractivity contribution is 4.95. The molecule has 0 unspecified atom stereocenters. The molecule has 5 heteroatoms. The Bertz CT molecular complexity index is 215. The Kier molecular flexibility index (Phi) is 6.37. The monoisotopic (exact) mass is 247 g/mol. The van der Waals surface area contributed by atoms with Gasteiger partial charge in [0, 0.05) is 18.6 Å². The summed E-state index contributed by atoms with van der Waals surface area (Å²) in [6.07, 6.45) is 0.552. The van der Waals surface area contributed by atoms with Crippen molar-refractivity contribution in [3.63, 3.8) is 0 Å². The van der Waals surface area contributed by atoms with E-state index in [9.17, 15) is 20.4 Å². The summed E-state index contributed by atoms with van der Waals surface area (Å²) in [6, 6.07) is -0.134. The zero-order valence-corrected chi connectivity index (χ0v) is 10.4. The van der Waals surface area contributed by atoms with E-state index < -0.39 is 24.2 Å². The van der Waals surface area contributed by atoms with Crippen LogP contribution in [0.25, 0.3) is 0 Å². The molecule has 17 heavy (non-hydrogen) atoms. The maximum atomic E-state index is 9.77. The van der Waals surface area contributed by atoms with Crippen LogP contribution in [0.4, 0.5) is 0 Å². The van der Waals surface area contributed by atoms with Crippen LogP contribution >= 0.6 is 0 Å². The number of hydrogen-bond donors (Lipinski definition) is 5. The summed E-state index contributed by atoms with van der Waals surface area (Å²) in [5.74, 6) is -0.407. The Hall–Kier alpha value is -0.200. The van der Waals surface area contributed by atoms with Crippen LogP contribution in [0.2, 0.25) is 0 Å². The van der Waals surface area contributed by atoms with Gasteiger partial charge in [0.25, 0.3) is 0 Å². The fourth-order valence-corrected chi connectivity index (χ4v) is 2.43. The zero-order valence-electron chi connectivity index (χ0n) is 10.4. The van der Waals surface area contributed by atoms with Crippen LogP contribution in [0.3, 0.4) is 0 Å². The van der Waals surface area contributed by atoms with E-state index in [2.05, 4.69) is 12.2 Å². The molecule has 0 heterocycles. The van der Waals surface area contributed by atoms with Crippen LogP contribution in [-0.4, -0.2) is 57.9 Å². The number of aliphatic hydroxyl groups is 4. The third kappa shape index (κ3) is 3.89. The van der Waals surface area contributed by atoms with Gasteiger partial charge < -0.3 is 25.7 Å². The number of hydrogen-bond acceptors (Lipinski definition) is 5. The molecule has 0 aromatic rings. The van der Waals surface area contributed by atoms with Gasteiger partial charge in [-0.05, 0) is 19.4 Å². The van der Waals surface area contributed by atoms with Gasteiger partial charge in [0.2, 0.25) is 0 Å². The van der Waals surface area contributed by atoms with Crippen molar-refractivity contribution in [3.05, 3.63) is 0 Å². The van der Waals surface area contributed by atoms with E-state index in [-0.39, 0.29) is 12.6 Å². The largest absolute Gasteiger partial charge is 0.396 e. The predicted octanol–water partition coefficient (Wildman–Crippen LogP) is -0.770. The number of nitrogens with one attached hydrogen (secondary N) is 1. The van der Waals surface area contributed by atoms with E-state index in [1.165, 1.54) is 0 Å². The third-order valence-electron chi connectivity index (χ3n) is 3.59. The quantitative estimate of drug-likeness (QED) is 0.397. The fraction of sp³-hybridized carbons (Fsp3) is 1.00. The first-order chi connectivity index (χ1) is 8.11. The molecule has 1 rings (SSSR count). The Balaban J connectivity index is 2.45. The van der Waals surface area contributed by atoms with Gasteiger partial charge in [0.15, 0.2) is 0 Å². The van der Waals surface area contributed by atoms with E-state index in [1.54, 1.807) is 0 Å². The highest BCUT2D eigenvalue weighted by Crippen LogP contribution is 2.25. The van der Waals surface area contributed by atoms with Gasteiger partial charge in [-0.3, -0.25) is 0 Å². The van der Waals surface area contributed by atoms with Crippen LogP contribution in [0, 0.1) is 5.92 Å². The van der Waals surface area contributed by atoms with Crippen LogP contribution < -0.4 is 5.32 Å². The second-order valence-electron chi connectivity index (χ2n) is 4.90. The van der Waals surface area contributed by atoms with E-state index in [4.69, 9.17) is 0 Å². The molecule has 1 aliphatic rings. The van der Waals surface area contributed by atoms with Crippen LogP contribution in [0.1, 0.15) is 32.6 Å². The molecular formula is C12H25NO4. The minimum Gasteiger partial charge on any atom is -0.396 e. The molecule has 0 aliphatic heterocycles. The first-order valence-electron chi connectivity index (χ1n) is 6.50. The van der Waals surface area contributed by atoms with Crippen molar-refractivity contribution in [1.82, 2.24) is 5.32 Å². The fourth-order valence-electron chi connectivity index (χ4n) is 2.43. The summed E-state index contributed by atoms with van der Waals surface area (Å²) in [5.41, 5.74) is 0. The number of rotatable bonds is 6. The minimum atomic E-state index is -1.15. The second kappa shape index (κ2) is 7.28. The Morgan fingerprint density at radius 1 is 1.12 bits per heavy atom. The molecule has 5 N–H and O–H groups in total. The van der Waals surface area contributed by atoms with Crippen molar-refractivity contribution in [2.75, 3.05) is 13.2 Å². The first-order valence-corrected chi connectivity index (χ1v) is 6.50. The highest BCUT2D eigenvalue weighted by Gasteiger charge is 2.41. The van der Waals surface area contributed by atoms with Gasteiger partial charge in [-0.25, -0.2) is 0 Å². The molecule has 5 atom stereocenters. The molecule has 0 spiro atoms. The first kappa shape index (κ1) is 14.9. The lowest BCUT2D eigenvalue weighted by molar-refractivity contribution is -0.128. The van der Waals surface area contributed by atoms with Crippen molar-refractivity contribution in [3.8, 4) is 0 Å². The SMILES string of the molecule is CCCCCN[C@H]1C[C@@H](O)[C@@H](O)[C@H](O)[C@H]1CO. The normalized spacial score (nSPS) is 38.3. The molecule has 102 valence electrons. The van der Waals surface area contributed by atoms with Crippen molar-refractivity contribution >= 4 is 0 Å². The van der Waals surface area contributed by atoms with E-state index in [0.717, 1.165) is 25.8 Å². The van der Waals surface area contributed by atoms with E-state index >= 15 is 0 Å². The topological polar surface area (TPSA) is 93.0 Å². The Morgan fingerprint density at radius 3 is 2.41 bits per heavy atom. The van der Waals surface area contributed by atoms with Crippen LogP contribution in [0.5, 0.6) is 0 Å². The second-order valence-corrected chi connectivity index (χ2v) is 4.90. The van der Waals surface area contributed by atoms with E-state index in [1.807, 2.05) is 0 Å². The molecule has 0 radical (unpaired) electrons. The highest BCUT2D eigenvalue weighted by atomic mass is 16.4. The Labute approximate surface area is 102 Å².